The van der Waals surface area contributed by atoms with E-state index in [9.17, 15) is 5.11 Å². The van der Waals surface area contributed by atoms with Crippen LogP contribution in [0.25, 0.3) is 0 Å². The predicted octanol–water partition coefficient (Wildman–Crippen LogP) is 4.13. The Bertz CT molecular complexity index is 336. The standard InChI is InChI=1S/C15H25BrO/c1-13(2)6-10(4-5-12(13)16)15-8-11(15)7-14(3,17)9-15/h10-12,17H,4-9H2,1-3H3/t10-,11+,12-,14-,15+/m0/s1. The van der Waals surface area contributed by atoms with E-state index in [0.717, 1.165) is 24.7 Å². The lowest BCUT2D eigenvalue weighted by molar-refractivity contribution is 0.0308. The molecule has 0 radical (unpaired) electrons. The predicted molar refractivity (Wildman–Crippen MR) is 74.2 cm³/mol. The quantitative estimate of drug-likeness (QED) is 0.722. The molecule has 3 saturated carbocycles. The van der Waals surface area contributed by atoms with Crippen LogP contribution in [0, 0.1) is 22.7 Å². The fourth-order valence-corrected chi connectivity index (χ4v) is 5.39. The lowest BCUT2D eigenvalue weighted by Crippen LogP contribution is -2.37. The molecule has 3 aliphatic carbocycles. The second-order valence-electron chi connectivity index (χ2n) is 7.95. The molecule has 1 N–H and O–H groups in total. The van der Waals surface area contributed by atoms with E-state index in [2.05, 4.69) is 29.8 Å². The number of hydrogen-bond acceptors (Lipinski definition) is 1. The van der Waals surface area contributed by atoms with Gasteiger partial charge in [0.15, 0.2) is 0 Å². The van der Waals surface area contributed by atoms with Crippen LogP contribution < -0.4 is 0 Å². The summed E-state index contributed by atoms with van der Waals surface area (Å²) in [5.41, 5.74) is 0.603. The Balaban J connectivity index is 1.75. The highest BCUT2D eigenvalue weighted by molar-refractivity contribution is 9.09. The van der Waals surface area contributed by atoms with Gasteiger partial charge in [-0.15, -0.1) is 0 Å². The number of halogens is 1. The molecule has 3 rings (SSSR count). The maximum atomic E-state index is 10.3. The molecule has 0 aromatic heterocycles. The molecule has 0 unspecified atom stereocenters. The minimum Gasteiger partial charge on any atom is -0.390 e. The maximum Gasteiger partial charge on any atom is 0.0628 e. The van der Waals surface area contributed by atoms with Crippen molar-refractivity contribution < 1.29 is 5.11 Å². The van der Waals surface area contributed by atoms with Gasteiger partial charge in [0.05, 0.1) is 5.60 Å². The molecule has 2 heteroatoms. The first-order valence-electron chi connectivity index (χ1n) is 7.12. The molecule has 0 aliphatic heterocycles. The van der Waals surface area contributed by atoms with E-state index >= 15 is 0 Å². The molecule has 0 aromatic carbocycles. The van der Waals surface area contributed by atoms with Crippen molar-refractivity contribution >= 4 is 15.9 Å². The first-order chi connectivity index (χ1) is 7.75. The van der Waals surface area contributed by atoms with Crippen LogP contribution in [-0.4, -0.2) is 15.5 Å². The van der Waals surface area contributed by atoms with Crippen LogP contribution in [0.2, 0.25) is 0 Å². The van der Waals surface area contributed by atoms with Gasteiger partial charge in [-0.2, -0.15) is 0 Å². The van der Waals surface area contributed by atoms with Crippen LogP contribution in [0.5, 0.6) is 0 Å². The van der Waals surface area contributed by atoms with E-state index in [1.165, 1.54) is 25.7 Å². The number of rotatable bonds is 1. The lowest BCUT2D eigenvalue weighted by atomic mass is 9.66. The molecule has 1 nitrogen and oxygen atoms in total. The van der Waals surface area contributed by atoms with Gasteiger partial charge in [0.25, 0.3) is 0 Å². The second-order valence-corrected chi connectivity index (χ2v) is 9.05. The molecule has 0 saturated heterocycles. The van der Waals surface area contributed by atoms with Crippen molar-refractivity contribution in [1.82, 2.24) is 0 Å². The summed E-state index contributed by atoms with van der Waals surface area (Å²) in [5.74, 6) is 1.70. The smallest absolute Gasteiger partial charge is 0.0628 e. The largest absolute Gasteiger partial charge is 0.390 e. The summed E-state index contributed by atoms with van der Waals surface area (Å²) in [4.78, 5) is 0.682. The first kappa shape index (κ1) is 12.5. The number of hydrogen-bond donors (Lipinski definition) is 1. The summed E-state index contributed by atoms with van der Waals surface area (Å²) >= 11 is 3.85. The van der Waals surface area contributed by atoms with Gasteiger partial charge in [0, 0.05) is 4.83 Å². The second kappa shape index (κ2) is 3.50. The zero-order chi connectivity index (χ0) is 12.5. The Labute approximate surface area is 113 Å². The third-order valence-corrected chi connectivity index (χ3v) is 7.57. The van der Waals surface area contributed by atoms with E-state index < -0.39 is 0 Å². The fourth-order valence-electron chi connectivity index (χ4n) is 4.94. The molecule has 0 amide bonds. The molecule has 98 valence electrons. The Morgan fingerprint density at radius 1 is 1.00 bits per heavy atom. The molecular weight excluding hydrogens is 276 g/mol. The lowest BCUT2D eigenvalue weighted by Gasteiger charge is -2.43. The van der Waals surface area contributed by atoms with Gasteiger partial charge in [-0.05, 0) is 68.1 Å². The monoisotopic (exact) mass is 300 g/mol. The molecular formula is C15H25BrO. The zero-order valence-electron chi connectivity index (χ0n) is 11.3. The molecule has 0 spiro atoms. The van der Waals surface area contributed by atoms with Crippen molar-refractivity contribution in [1.29, 1.82) is 0 Å². The van der Waals surface area contributed by atoms with E-state index in [0.29, 0.717) is 15.7 Å². The van der Waals surface area contributed by atoms with E-state index in [1.54, 1.807) is 0 Å². The van der Waals surface area contributed by atoms with Crippen LogP contribution in [0.4, 0.5) is 0 Å². The molecule has 3 fully saturated rings. The number of fused-ring (bicyclic) bond motifs is 1. The molecule has 0 aromatic rings. The van der Waals surface area contributed by atoms with Crippen LogP contribution >= 0.6 is 15.9 Å². The summed E-state index contributed by atoms with van der Waals surface area (Å²) in [5, 5.41) is 10.3. The van der Waals surface area contributed by atoms with Gasteiger partial charge in [-0.25, -0.2) is 0 Å². The summed E-state index contributed by atoms with van der Waals surface area (Å²) in [6, 6.07) is 0. The van der Waals surface area contributed by atoms with Crippen LogP contribution in [0.15, 0.2) is 0 Å². The SMILES string of the molecule is CC1(C)C[C@@H]([C@]23C[C@H]2C[C@](C)(O)C3)CC[C@@H]1Br. The van der Waals surface area contributed by atoms with Gasteiger partial charge >= 0.3 is 0 Å². The minimum atomic E-state index is -0.363. The topological polar surface area (TPSA) is 20.2 Å². The highest BCUT2D eigenvalue weighted by atomic mass is 79.9. The van der Waals surface area contributed by atoms with Crippen molar-refractivity contribution in [2.75, 3.05) is 0 Å². The van der Waals surface area contributed by atoms with Crippen molar-refractivity contribution in [3.05, 3.63) is 0 Å². The molecule has 0 bridgehead atoms. The normalized spacial score (nSPS) is 56.6. The number of alkyl halides is 1. The third kappa shape index (κ3) is 1.90. The summed E-state index contributed by atoms with van der Waals surface area (Å²) in [6.07, 6.45) is 7.55. The van der Waals surface area contributed by atoms with Gasteiger partial charge in [0.1, 0.15) is 0 Å². The Morgan fingerprint density at radius 3 is 2.24 bits per heavy atom. The van der Waals surface area contributed by atoms with Gasteiger partial charge in [-0.3, -0.25) is 0 Å². The van der Waals surface area contributed by atoms with Gasteiger partial charge in [0.2, 0.25) is 0 Å². The summed E-state index contributed by atoms with van der Waals surface area (Å²) < 4.78 is 0. The van der Waals surface area contributed by atoms with Gasteiger partial charge in [-0.1, -0.05) is 29.8 Å². The van der Waals surface area contributed by atoms with Crippen molar-refractivity contribution in [3.8, 4) is 0 Å². The average molecular weight is 301 g/mol. The van der Waals surface area contributed by atoms with E-state index in [4.69, 9.17) is 0 Å². The Kier molecular flexibility index (Phi) is 2.57. The average Bonchev–Trinajstić information content (AvgIpc) is 2.75. The van der Waals surface area contributed by atoms with Crippen molar-refractivity contribution in [2.45, 2.75) is 69.7 Å². The van der Waals surface area contributed by atoms with Crippen LogP contribution in [0.3, 0.4) is 0 Å². The third-order valence-electron chi connectivity index (χ3n) is 5.88. The van der Waals surface area contributed by atoms with E-state index in [1.807, 2.05) is 6.92 Å². The van der Waals surface area contributed by atoms with Crippen LogP contribution in [-0.2, 0) is 0 Å². The zero-order valence-corrected chi connectivity index (χ0v) is 12.9. The fraction of sp³-hybridized carbons (Fsp3) is 1.00. The maximum absolute atomic E-state index is 10.3. The number of aliphatic hydroxyl groups is 1. The van der Waals surface area contributed by atoms with Gasteiger partial charge < -0.3 is 5.11 Å². The Morgan fingerprint density at radius 2 is 1.71 bits per heavy atom. The highest BCUT2D eigenvalue weighted by Crippen LogP contribution is 2.72. The molecule has 17 heavy (non-hydrogen) atoms. The summed E-state index contributed by atoms with van der Waals surface area (Å²) in [6.45, 7) is 6.85. The molecule has 0 heterocycles. The highest BCUT2D eigenvalue weighted by Gasteiger charge is 2.67. The van der Waals surface area contributed by atoms with Crippen LogP contribution in [0.1, 0.15) is 59.3 Å². The van der Waals surface area contributed by atoms with Crippen molar-refractivity contribution in [2.24, 2.45) is 22.7 Å². The van der Waals surface area contributed by atoms with Crippen molar-refractivity contribution in [3.63, 3.8) is 0 Å². The first-order valence-corrected chi connectivity index (χ1v) is 8.03. The van der Waals surface area contributed by atoms with E-state index in [-0.39, 0.29) is 5.60 Å². The summed E-state index contributed by atoms with van der Waals surface area (Å²) in [7, 11) is 0. The molecule has 3 aliphatic rings. The minimum absolute atomic E-state index is 0.363. The Hall–Kier alpha value is 0.440. The molecule has 5 atom stereocenters.